The van der Waals surface area contributed by atoms with Crippen LogP contribution in [0.5, 0.6) is 5.75 Å². The molecule has 0 radical (unpaired) electrons. The Morgan fingerprint density at radius 3 is 2.24 bits per heavy atom. The lowest BCUT2D eigenvalue weighted by Gasteiger charge is -2.54. The van der Waals surface area contributed by atoms with Crippen molar-refractivity contribution in [2.45, 2.75) is 64.5 Å². The molecule has 2 aromatic rings. The molecule has 7 heteroatoms. The van der Waals surface area contributed by atoms with Gasteiger partial charge in [0.1, 0.15) is 22.9 Å². The quantitative estimate of drug-likeness (QED) is 0.630. The first-order chi connectivity index (χ1) is 16.1. The van der Waals surface area contributed by atoms with Crippen LogP contribution in [0.15, 0.2) is 30.5 Å². The van der Waals surface area contributed by atoms with Gasteiger partial charge in [0.25, 0.3) is 5.91 Å². The molecule has 34 heavy (non-hydrogen) atoms. The summed E-state index contributed by atoms with van der Waals surface area (Å²) in [7, 11) is 1.47. The molecular weight excluding hydrogens is 435 g/mol. The number of amides is 1. The van der Waals surface area contributed by atoms with Gasteiger partial charge in [0.15, 0.2) is 0 Å². The van der Waals surface area contributed by atoms with Crippen molar-refractivity contribution in [3.8, 4) is 16.9 Å². The standard InChI is InChI=1S/C27H33FN2O4/c1-27(2,3)34-26(32)30-14-19(21-6-5-20(33-4)13-22(21)28)12-23(30)25(31)29-24-17-8-15-7-16(10-17)11-18(24)9-15/h5-6,12-18,24H,7-11H2,1-4H3,(H,29,31). The number of carbonyl (C=O) groups is 2. The summed E-state index contributed by atoms with van der Waals surface area (Å²) in [4.78, 5) is 26.5. The van der Waals surface area contributed by atoms with E-state index in [1.165, 1.54) is 56.0 Å². The van der Waals surface area contributed by atoms with Crippen molar-refractivity contribution in [1.82, 2.24) is 9.88 Å². The molecule has 4 bridgehead atoms. The SMILES string of the molecule is COc1ccc(-c2cc(C(=O)NC3C4CC5CC(C4)CC3C5)n(C(=O)OC(C)(C)C)c2)c(F)c1. The molecule has 4 fully saturated rings. The van der Waals surface area contributed by atoms with Gasteiger partial charge in [-0.05, 0) is 94.7 Å². The largest absolute Gasteiger partial charge is 0.497 e. The molecule has 6 rings (SSSR count). The van der Waals surface area contributed by atoms with Gasteiger partial charge in [-0.15, -0.1) is 0 Å². The summed E-state index contributed by atoms with van der Waals surface area (Å²) < 4.78 is 26.6. The summed E-state index contributed by atoms with van der Waals surface area (Å²) in [5.41, 5.74) is 0.142. The third kappa shape index (κ3) is 4.32. The summed E-state index contributed by atoms with van der Waals surface area (Å²) in [6.45, 7) is 5.31. The number of methoxy groups -OCH3 is 1. The molecule has 0 aliphatic heterocycles. The van der Waals surface area contributed by atoms with Crippen LogP contribution in [0, 0.1) is 29.5 Å². The molecule has 0 atom stereocenters. The third-order valence-electron chi connectivity index (χ3n) is 7.65. The van der Waals surface area contributed by atoms with Crippen LogP contribution in [-0.2, 0) is 4.74 Å². The van der Waals surface area contributed by atoms with Crippen LogP contribution in [-0.4, -0.2) is 35.3 Å². The summed E-state index contributed by atoms with van der Waals surface area (Å²) in [6, 6.07) is 6.22. The van der Waals surface area contributed by atoms with Crippen LogP contribution < -0.4 is 10.1 Å². The van der Waals surface area contributed by atoms with Crippen LogP contribution in [0.25, 0.3) is 11.1 Å². The van der Waals surface area contributed by atoms with E-state index in [-0.39, 0.29) is 23.2 Å². The molecule has 6 nitrogen and oxygen atoms in total. The Morgan fingerprint density at radius 2 is 1.68 bits per heavy atom. The lowest BCUT2D eigenvalue weighted by Crippen LogP contribution is -2.56. The fraction of sp³-hybridized carbons (Fsp3) is 0.556. The van der Waals surface area contributed by atoms with Gasteiger partial charge in [0.2, 0.25) is 0 Å². The third-order valence-corrected chi connectivity index (χ3v) is 7.65. The minimum atomic E-state index is -0.734. The minimum Gasteiger partial charge on any atom is -0.497 e. The second-order valence-electron chi connectivity index (χ2n) is 11.2. The zero-order valence-electron chi connectivity index (χ0n) is 20.3. The average Bonchev–Trinajstić information content (AvgIpc) is 3.20. The molecule has 182 valence electrons. The van der Waals surface area contributed by atoms with Gasteiger partial charge in [-0.3, -0.25) is 4.79 Å². The maximum Gasteiger partial charge on any atom is 0.419 e. The minimum absolute atomic E-state index is 0.128. The summed E-state index contributed by atoms with van der Waals surface area (Å²) in [6.07, 6.45) is 6.85. The van der Waals surface area contributed by atoms with Crippen LogP contribution >= 0.6 is 0 Å². The molecule has 0 spiro atoms. The van der Waals surface area contributed by atoms with E-state index in [0.717, 1.165) is 11.8 Å². The number of aromatic nitrogens is 1. The predicted molar refractivity (Wildman–Crippen MR) is 126 cm³/mol. The topological polar surface area (TPSA) is 69.6 Å². The number of hydrogen-bond donors (Lipinski definition) is 1. The number of benzene rings is 1. The van der Waals surface area contributed by atoms with E-state index >= 15 is 0 Å². The lowest BCUT2D eigenvalue weighted by atomic mass is 9.54. The van der Waals surface area contributed by atoms with Gasteiger partial charge in [0, 0.05) is 29.4 Å². The Hall–Kier alpha value is -2.83. The maximum atomic E-state index is 14.8. The Kier molecular flexibility index (Phi) is 5.69. The van der Waals surface area contributed by atoms with E-state index in [1.54, 1.807) is 39.0 Å². The van der Waals surface area contributed by atoms with Crippen LogP contribution in [0.3, 0.4) is 0 Å². The van der Waals surface area contributed by atoms with Crippen molar-refractivity contribution < 1.29 is 23.5 Å². The number of rotatable bonds is 4. The average molecular weight is 469 g/mol. The van der Waals surface area contributed by atoms with Gasteiger partial charge < -0.3 is 14.8 Å². The van der Waals surface area contributed by atoms with Crippen molar-refractivity contribution in [3.63, 3.8) is 0 Å². The fourth-order valence-electron chi connectivity index (χ4n) is 6.49. The van der Waals surface area contributed by atoms with Gasteiger partial charge >= 0.3 is 6.09 Å². The highest BCUT2D eigenvalue weighted by Crippen LogP contribution is 2.53. The van der Waals surface area contributed by atoms with Crippen molar-refractivity contribution in [2.75, 3.05) is 7.11 Å². The highest BCUT2D eigenvalue weighted by Gasteiger charge is 2.48. The summed E-state index contributed by atoms with van der Waals surface area (Å²) in [5.74, 6) is 2.19. The number of hydrogen-bond acceptors (Lipinski definition) is 4. The highest BCUT2D eigenvalue weighted by atomic mass is 19.1. The predicted octanol–water partition coefficient (Wildman–Crippen LogP) is 5.64. The molecule has 1 aromatic heterocycles. The Labute approximate surface area is 199 Å². The zero-order valence-corrected chi connectivity index (χ0v) is 20.3. The first kappa shape index (κ1) is 22.9. The van der Waals surface area contributed by atoms with Gasteiger partial charge in [-0.1, -0.05) is 0 Å². The van der Waals surface area contributed by atoms with E-state index in [9.17, 15) is 14.0 Å². The molecule has 4 saturated carbocycles. The van der Waals surface area contributed by atoms with E-state index in [4.69, 9.17) is 9.47 Å². The number of carbonyl (C=O) groups excluding carboxylic acids is 2. The Bertz CT molecular complexity index is 1090. The molecule has 4 aliphatic rings. The fourth-order valence-corrected chi connectivity index (χ4v) is 6.49. The second kappa shape index (κ2) is 8.43. The van der Waals surface area contributed by atoms with Crippen LogP contribution in [0.2, 0.25) is 0 Å². The molecule has 1 amide bonds. The molecule has 1 N–H and O–H groups in total. The number of halogens is 1. The molecular formula is C27H33FN2O4. The molecule has 1 aromatic carbocycles. The van der Waals surface area contributed by atoms with Crippen molar-refractivity contribution >= 4 is 12.0 Å². The van der Waals surface area contributed by atoms with E-state index in [1.807, 2.05) is 0 Å². The molecule has 1 heterocycles. The second-order valence-corrected chi connectivity index (χ2v) is 11.2. The number of nitrogens with zero attached hydrogens (tertiary/aromatic N) is 1. The van der Waals surface area contributed by atoms with Gasteiger partial charge in [0.05, 0.1) is 7.11 Å². The van der Waals surface area contributed by atoms with E-state index in [0.29, 0.717) is 23.1 Å². The maximum absolute atomic E-state index is 14.8. The Morgan fingerprint density at radius 1 is 1.03 bits per heavy atom. The Balaban J connectivity index is 1.46. The normalized spacial score (nSPS) is 27.5. The number of ether oxygens (including phenoxy) is 2. The molecule has 0 unspecified atom stereocenters. The van der Waals surface area contributed by atoms with Gasteiger partial charge in [-0.2, -0.15) is 0 Å². The lowest BCUT2D eigenvalue weighted by molar-refractivity contribution is -0.0121. The van der Waals surface area contributed by atoms with Crippen molar-refractivity contribution in [2.24, 2.45) is 23.7 Å². The van der Waals surface area contributed by atoms with Crippen LogP contribution in [0.1, 0.15) is 63.4 Å². The highest BCUT2D eigenvalue weighted by molar-refractivity contribution is 5.98. The summed E-state index contributed by atoms with van der Waals surface area (Å²) in [5, 5.41) is 3.25. The smallest absolute Gasteiger partial charge is 0.419 e. The summed E-state index contributed by atoms with van der Waals surface area (Å²) >= 11 is 0. The number of nitrogens with one attached hydrogen (secondary N) is 1. The van der Waals surface area contributed by atoms with E-state index in [2.05, 4.69) is 5.32 Å². The van der Waals surface area contributed by atoms with Crippen molar-refractivity contribution in [1.29, 1.82) is 0 Å². The molecule has 4 aliphatic carbocycles. The monoisotopic (exact) mass is 468 g/mol. The van der Waals surface area contributed by atoms with Crippen molar-refractivity contribution in [3.05, 3.63) is 42.0 Å². The van der Waals surface area contributed by atoms with E-state index < -0.39 is 17.5 Å². The first-order valence-corrected chi connectivity index (χ1v) is 12.2. The van der Waals surface area contributed by atoms with Gasteiger partial charge in [-0.25, -0.2) is 13.8 Å². The zero-order chi connectivity index (χ0) is 24.2. The van der Waals surface area contributed by atoms with Crippen LogP contribution in [0.4, 0.5) is 9.18 Å². The molecule has 0 saturated heterocycles. The first-order valence-electron chi connectivity index (χ1n) is 12.2.